The number of anilines is 2. The van der Waals surface area contributed by atoms with Crippen LogP contribution < -0.4 is 11.1 Å². The first-order valence-corrected chi connectivity index (χ1v) is 10.3. The Morgan fingerprint density at radius 2 is 1.58 bits per heavy atom. The van der Waals surface area contributed by atoms with Crippen LogP contribution in [0.4, 0.5) is 17.1 Å². The number of aromatic hydroxyl groups is 1. The smallest absolute Gasteiger partial charge is 0.115 e. The van der Waals surface area contributed by atoms with Crippen LogP contribution in [-0.2, 0) is 6.54 Å². The van der Waals surface area contributed by atoms with Crippen LogP contribution in [0.1, 0.15) is 16.7 Å². The normalized spacial score (nSPS) is 11.3. The van der Waals surface area contributed by atoms with Gasteiger partial charge in [-0.2, -0.15) is 0 Å². The zero-order valence-electron chi connectivity index (χ0n) is 16.8. The fraction of sp³-hybridized carbons (Fsp3) is 0.0385. The summed E-state index contributed by atoms with van der Waals surface area (Å²) in [6.07, 6.45) is 0. The molecule has 0 aliphatic heterocycles. The van der Waals surface area contributed by atoms with Gasteiger partial charge in [-0.3, -0.25) is 0 Å². The molecule has 4 aromatic carbocycles. The van der Waals surface area contributed by atoms with E-state index in [0.717, 1.165) is 33.8 Å². The standard InChI is InChI=1S/C26H22ClN3O/c27-20-8-15-25(28)24(16-20)26(19-4-2-1-3-5-19)30-22-11-9-21(10-12-22)29-17-18-6-13-23(31)14-7-18/h1-16,29,31H,17,28H2. The van der Waals surface area contributed by atoms with E-state index >= 15 is 0 Å². The van der Waals surface area contributed by atoms with Gasteiger partial charge in [0.2, 0.25) is 0 Å². The average Bonchev–Trinajstić information content (AvgIpc) is 2.80. The molecule has 4 N–H and O–H groups in total. The second-order valence-electron chi connectivity index (χ2n) is 7.12. The molecule has 4 aromatic rings. The highest BCUT2D eigenvalue weighted by Gasteiger charge is 2.11. The van der Waals surface area contributed by atoms with Gasteiger partial charge in [-0.15, -0.1) is 0 Å². The molecule has 0 saturated heterocycles. The number of hydrogen-bond acceptors (Lipinski definition) is 4. The second-order valence-corrected chi connectivity index (χ2v) is 7.56. The van der Waals surface area contributed by atoms with Crippen molar-refractivity contribution in [2.45, 2.75) is 6.54 Å². The number of rotatable bonds is 6. The van der Waals surface area contributed by atoms with E-state index in [9.17, 15) is 5.11 Å². The third-order valence-electron chi connectivity index (χ3n) is 4.86. The Balaban J connectivity index is 1.60. The van der Waals surface area contributed by atoms with Gasteiger partial charge in [0.25, 0.3) is 0 Å². The van der Waals surface area contributed by atoms with Crippen molar-refractivity contribution in [3.63, 3.8) is 0 Å². The minimum Gasteiger partial charge on any atom is -0.508 e. The number of hydrogen-bond donors (Lipinski definition) is 3. The number of halogens is 1. The molecule has 0 amide bonds. The van der Waals surface area contributed by atoms with Crippen molar-refractivity contribution in [3.8, 4) is 5.75 Å². The van der Waals surface area contributed by atoms with E-state index in [4.69, 9.17) is 22.3 Å². The molecule has 0 atom stereocenters. The summed E-state index contributed by atoms with van der Waals surface area (Å²) in [5, 5.41) is 13.4. The average molecular weight is 428 g/mol. The minimum atomic E-state index is 0.264. The molecule has 0 unspecified atom stereocenters. The fourth-order valence-corrected chi connectivity index (χ4v) is 3.38. The molecule has 5 heteroatoms. The maximum absolute atomic E-state index is 9.39. The van der Waals surface area contributed by atoms with E-state index in [1.165, 1.54) is 0 Å². The molecule has 0 saturated carbocycles. The van der Waals surface area contributed by atoms with E-state index in [2.05, 4.69) is 5.32 Å². The molecule has 0 radical (unpaired) electrons. The van der Waals surface area contributed by atoms with Gasteiger partial charge in [-0.05, 0) is 60.2 Å². The molecule has 0 fully saturated rings. The molecular weight excluding hydrogens is 406 g/mol. The second kappa shape index (κ2) is 9.37. The predicted octanol–water partition coefficient (Wildman–Crippen LogP) is 6.41. The quantitative estimate of drug-likeness (QED) is 0.246. The van der Waals surface area contributed by atoms with Gasteiger partial charge in [0.15, 0.2) is 0 Å². The lowest BCUT2D eigenvalue weighted by Crippen LogP contribution is -2.06. The predicted molar refractivity (Wildman–Crippen MR) is 129 cm³/mol. The highest BCUT2D eigenvalue weighted by molar-refractivity contribution is 6.31. The summed E-state index contributed by atoms with van der Waals surface area (Å²) in [4.78, 5) is 4.89. The van der Waals surface area contributed by atoms with Crippen molar-refractivity contribution in [2.24, 2.45) is 4.99 Å². The summed E-state index contributed by atoms with van der Waals surface area (Å²) in [6, 6.07) is 30.4. The number of phenols is 1. The molecule has 0 aliphatic carbocycles. The Morgan fingerprint density at radius 3 is 2.29 bits per heavy atom. The van der Waals surface area contributed by atoms with E-state index in [0.29, 0.717) is 17.3 Å². The molecule has 0 aliphatic rings. The first kappa shape index (κ1) is 20.5. The van der Waals surface area contributed by atoms with Crippen LogP contribution >= 0.6 is 11.6 Å². The van der Waals surface area contributed by atoms with Gasteiger partial charge < -0.3 is 16.2 Å². The van der Waals surface area contributed by atoms with Crippen molar-refractivity contribution >= 4 is 34.4 Å². The number of nitrogens with zero attached hydrogens (tertiary/aromatic N) is 1. The van der Waals surface area contributed by atoms with Crippen LogP contribution in [-0.4, -0.2) is 10.8 Å². The number of phenolic OH excluding ortho intramolecular Hbond substituents is 1. The molecule has 0 aromatic heterocycles. The summed E-state index contributed by atoms with van der Waals surface area (Å²) in [6.45, 7) is 0.664. The maximum atomic E-state index is 9.39. The Hall–Kier alpha value is -3.76. The Kier molecular flexibility index (Phi) is 6.20. The highest BCUT2D eigenvalue weighted by Crippen LogP contribution is 2.25. The van der Waals surface area contributed by atoms with Crippen LogP contribution in [0.3, 0.4) is 0 Å². The molecule has 31 heavy (non-hydrogen) atoms. The van der Waals surface area contributed by atoms with Crippen LogP contribution in [0.5, 0.6) is 5.75 Å². The van der Waals surface area contributed by atoms with Gasteiger partial charge in [-0.25, -0.2) is 4.99 Å². The monoisotopic (exact) mass is 427 g/mol. The van der Waals surface area contributed by atoms with Crippen molar-refractivity contribution in [3.05, 3.63) is 119 Å². The van der Waals surface area contributed by atoms with Crippen molar-refractivity contribution in [1.29, 1.82) is 0 Å². The molecule has 4 rings (SSSR count). The number of nitrogens with two attached hydrogens (primary N) is 1. The number of nitrogen functional groups attached to an aromatic ring is 1. The summed E-state index contributed by atoms with van der Waals surface area (Å²) in [7, 11) is 0. The maximum Gasteiger partial charge on any atom is 0.115 e. The van der Waals surface area contributed by atoms with E-state index < -0.39 is 0 Å². The molecule has 0 heterocycles. The Labute approximate surface area is 186 Å². The lowest BCUT2D eigenvalue weighted by molar-refractivity contribution is 0.475. The zero-order valence-corrected chi connectivity index (χ0v) is 17.6. The van der Waals surface area contributed by atoms with Gasteiger partial charge >= 0.3 is 0 Å². The van der Waals surface area contributed by atoms with E-state index in [-0.39, 0.29) is 5.75 Å². The summed E-state index contributed by atoms with van der Waals surface area (Å²) in [5.74, 6) is 0.264. The van der Waals surface area contributed by atoms with E-state index in [1.54, 1.807) is 24.3 Å². The Bertz CT molecular complexity index is 1190. The first-order chi connectivity index (χ1) is 15.1. The third-order valence-corrected chi connectivity index (χ3v) is 5.09. The summed E-state index contributed by atoms with van der Waals surface area (Å²) >= 11 is 6.23. The largest absolute Gasteiger partial charge is 0.508 e. The topological polar surface area (TPSA) is 70.6 Å². The van der Waals surface area contributed by atoms with Crippen molar-refractivity contribution in [2.75, 3.05) is 11.1 Å². The van der Waals surface area contributed by atoms with Gasteiger partial charge in [-0.1, -0.05) is 54.1 Å². The van der Waals surface area contributed by atoms with Crippen LogP contribution in [0.2, 0.25) is 5.02 Å². The molecule has 0 spiro atoms. The Morgan fingerprint density at radius 1 is 0.871 bits per heavy atom. The van der Waals surface area contributed by atoms with E-state index in [1.807, 2.05) is 72.8 Å². The highest BCUT2D eigenvalue weighted by atomic mass is 35.5. The number of nitrogens with one attached hydrogen (secondary N) is 1. The van der Waals surface area contributed by atoms with Gasteiger partial charge in [0.1, 0.15) is 5.75 Å². The minimum absolute atomic E-state index is 0.264. The van der Waals surface area contributed by atoms with Crippen LogP contribution in [0.15, 0.2) is 102 Å². The van der Waals surface area contributed by atoms with Crippen LogP contribution in [0.25, 0.3) is 0 Å². The van der Waals surface area contributed by atoms with Crippen molar-refractivity contribution < 1.29 is 5.11 Å². The molecule has 0 bridgehead atoms. The number of benzene rings is 4. The summed E-state index contributed by atoms with van der Waals surface area (Å²) < 4.78 is 0. The SMILES string of the molecule is Nc1ccc(Cl)cc1C(=Nc1ccc(NCc2ccc(O)cc2)cc1)c1ccccc1. The third kappa shape index (κ3) is 5.24. The fourth-order valence-electron chi connectivity index (χ4n) is 3.21. The molecule has 4 nitrogen and oxygen atoms in total. The first-order valence-electron chi connectivity index (χ1n) is 9.90. The summed E-state index contributed by atoms with van der Waals surface area (Å²) in [5.41, 5.74) is 12.3. The molecule has 154 valence electrons. The zero-order chi connectivity index (χ0) is 21.6. The lowest BCUT2D eigenvalue weighted by atomic mass is 10.0. The van der Waals surface area contributed by atoms with Crippen molar-refractivity contribution in [1.82, 2.24) is 0 Å². The molecular formula is C26H22ClN3O. The van der Waals surface area contributed by atoms with Gasteiger partial charge in [0.05, 0.1) is 11.4 Å². The van der Waals surface area contributed by atoms with Crippen LogP contribution in [0, 0.1) is 0 Å². The number of aliphatic imine (C=N–C) groups is 1. The van der Waals surface area contributed by atoms with Gasteiger partial charge in [0, 0.05) is 34.1 Å². The lowest BCUT2D eigenvalue weighted by Gasteiger charge is -2.12.